The molecule has 15 heavy (non-hydrogen) atoms. The maximum atomic E-state index is 9.70. The molecule has 0 aromatic rings. The number of allylic oxidation sites excluding steroid dienone is 1. The summed E-state index contributed by atoms with van der Waals surface area (Å²) in [5.74, 6) is 1.56. The van der Waals surface area contributed by atoms with Gasteiger partial charge in [-0.15, -0.1) is 0 Å². The molecule has 2 heteroatoms. The SMILES string of the molecule is OC1C=CN2CCC3CCC=CC3C2C1. The monoisotopic (exact) mass is 205 g/mol. The summed E-state index contributed by atoms with van der Waals surface area (Å²) in [5, 5.41) is 9.70. The summed E-state index contributed by atoms with van der Waals surface area (Å²) < 4.78 is 0. The highest BCUT2D eigenvalue weighted by Crippen LogP contribution is 2.39. The summed E-state index contributed by atoms with van der Waals surface area (Å²) in [7, 11) is 0. The summed E-state index contributed by atoms with van der Waals surface area (Å²) >= 11 is 0. The zero-order valence-corrected chi connectivity index (χ0v) is 9.05. The maximum absolute atomic E-state index is 9.70. The first-order valence-electron chi connectivity index (χ1n) is 6.13. The molecule has 1 fully saturated rings. The van der Waals surface area contributed by atoms with E-state index in [4.69, 9.17) is 0 Å². The molecule has 2 aliphatic heterocycles. The number of hydrogen-bond acceptors (Lipinski definition) is 2. The molecule has 4 atom stereocenters. The first kappa shape index (κ1) is 9.46. The van der Waals surface area contributed by atoms with Gasteiger partial charge in [0.2, 0.25) is 0 Å². The second-order valence-electron chi connectivity index (χ2n) is 5.08. The minimum Gasteiger partial charge on any atom is -0.389 e. The lowest BCUT2D eigenvalue weighted by Gasteiger charge is -2.48. The molecule has 0 amide bonds. The Bertz CT molecular complexity index is 297. The Balaban J connectivity index is 1.85. The van der Waals surface area contributed by atoms with Crippen molar-refractivity contribution in [3.8, 4) is 0 Å². The van der Waals surface area contributed by atoms with Gasteiger partial charge in [-0.05, 0) is 43.9 Å². The van der Waals surface area contributed by atoms with Crippen LogP contribution in [0.25, 0.3) is 0 Å². The Kier molecular flexibility index (Phi) is 2.32. The Morgan fingerprint density at radius 1 is 1.20 bits per heavy atom. The molecule has 1 aliphatic carbocycles. The van der Waals surface area contributed by atoms with Gasteiger partial charge in [0.25, 0.3) is 0 Å². The lowest BCUT2D eigenvalue weighted by Crippen LogP contribution is -2.49. The molecule has 2 heterocycles. The third kappa shape index (κ3) is 1.61. The number of hydrogen-bond donors (Lipinski definition) is 1. The molecule has 1 N–H and O–H groups in total. The Morgan fingerprint density at radius 3 is 3.07 bits per heavy atom. The van der Waals surface area contributed by atoms with Gasteiger partial charge in [0.15, 0.2) is 0 Å². The van der Waals surface area contributed by atoms with Gasteiger partial charge in [-0.3, -0.25) is 0 Å². The van der Waals surface area contributed by atoms with E-state index < -0.39 is 0 Å². The van der Waals surface area contributed by atoms with Crippen molar-refractivity contribution in [2.45, 2.75) is 37.8 Å². The van der Waals surface area contributed by atoms with Crippen LogP contribution >= 0.6 is 0 Å². The van der Waals surface area contributed by atoms with E-state index in [2.05, 4.69) is 23.3 Å². The average Bonchev–Trinajstić information content (AvgIpc) is 2.29. The minimum atomic E-state index is -0.222. The molecule has 0 aromatic carbocycles. The Labute approximate surface area is 91.3 Å². The number of piperidine rings is 1. The molecule has 0 saturated carbocycles. The molecule has 0 aromatic heterocycles. The van der Waals surface area contributed by atoms with E-state index in [9.17, 15) is 5.11 Å². The molecule has 0 spiro atoms. The lowest BCUT2D eigenvalue weighted by atomic mass is 9.72. The zero-order valence-electron chi connectivity index (χ0n) is 9.05. The van der Waals surface area contributed by atoms with Gasteiger partial charge < -0.3 is 10.0 Å². The van der Waals surface area contributed by atoms with Crippen molar-refractivity contribution in [1.29, 1.82) is 0 Å². The molecule has 4 unspecified atom stereocenters. The number of rotatable bonds is 0. The van der Waals surface area contributed by atoms with E-state index in [-0.39, 0.29) is 6.10 Å². The van der Waals surface area contributed by atoms with E-state index >= 15 is 0 Å². The van der Waals surface area contributed by atoms with Crippen LogP contribution in [-0.2, 0) is 0 Å². The quantitative estimate of drug-likeness (QED) is 0.611. The van der Waals surface area contributed by atoms with E-state index in [1.807, 2.05) is 6.08 Å². The van der Waals surface area contributed by atoms with Crippen LogP contribution < -0.4 is 0 Å². The van der Waals surface area contributed by atoms with Gasteiger partial charge >= 0.3 is 0 Å². The fourth-order valence-electron chi connectivity index (χ4n) is 3.41. The van der Waals surface area contributed by atoms with Crippen molar-refractivity contribution in [1.82, 2.24) is 4.90 Å². The van der Waals surface area contributed by atoms with Crippen LogP contribution in [0, 0.1) is 11.8 Å². The first-order chi connectivity index (χ1) is 7.34. The number of aliphatic hydroxyl groups is 1. The normalized spacial score (nSPS) is 43.7. The van der Waals surface area contributed by atoms with Crippen LogP contribution in [0.2, 0.25) is 0 Å². The van der Waals surface area contributed by atoms with Gasteiger partial charge in [0.05, 0.1) is 6.10 Å². The van der Waals surface area contributed by atoms with Crippen LogP contribution in [0.15, 0.2) is 24.4 Å². The molecule has 2 nitrogen and oxygen atoms in total. The van der Waals surface area contributed by atoms with Crippen molar-refractivity contribution >= 4 is 0 Å². The van der Waals surface area contributed by atoms with Gasteiger partial charge in [0, 0.05) is 18.5 Å². The van der Waals surface area contributed by atoms with Gasteiger partial charge in [-0.1, -0.05) is 12.2 Å². The molecule has 82 valence electrons. The largest absolute Gasteiger partial charge is 0.389 e. The van der Waals surface area contributed by atoms with E-state index in [0.29, 0.717) is 12.0 Å². The van der Waals surface area contributed by atoms with Crippen molar-refractivity contribution in [2.24, 2.45) is 11.8 Å². The molecular weight excluding hydrogens is 186 g/mol. The highest BCUT2D eigenvalue weighted by molar-refractivity contribution is 5.10. The number of aliphatic hydroxyl groups excluding tert-OH is 1. The molecule has 0 radical (unpaired) electrons. The topological polar surface area (TPSA) is 23.5 Å². The van der Waals surface area contributed by atoms with E-state index in [1.54, 1.807) is 0 Å². The standard InChI is InChI=1S/C13H19NO/c15-11-6-8-14-7-5-10-3-1-2-4-12(10)13(14)9-11/h2,4,6,8,10-13,15H,1,3,5,7,9H2. The molecule has 1 saturated heterocycles. The van der Waals surface area contributed by atoms with E-state index in [0.717, 1.165) is 12.3 Å². The highest BCUT2D eigenvalue weighted by atomic mass is 16.3. The second-order valence-corrected chi connectivity index (χ2v) is 5.08. The van der Waals surface area contributed by atoms with Crippen LogP contribution in [0.5, 0.6) is 0 Å². The van der Waals surface area contributed by atoms with Crippen molar-refractivity contribution in [3.05, 3.63) is 24.4 Å². The molecule has 3 aliphatic rings. The van der Waals surface area contributed by atoms with Gasteiger partial charge in [0.1, 0.15) is 0 Å². The fourth-order valence-corrected chi connectivity index (χ4v) is 3.41. The molecule has 3 rings (SSSR count). The predicted molar refractivity (Wildman–Crippen MR) is 60.2 cm³/mol. The smallest absolute Gasteiger partial charge is 0.0757 e. The maximum Gasteiger partial charge on any atom is 0.0757 e. The lowest BCUT2D eigenvalue weighted by molar-refractivity contribution is 0.0539. The molecular formula is C13H19NO. The summed E-state index contributed by atoms with van der Waals surface area (Å²) in [6.45, 7) is 1.18. The zero-order chi connectivity index (χ0) is 10.3. The Morgan fingerprint density at radius 2 is 2.13 bits per heavy atom. The van der Waals surface area contributed by atoms with Gasteiger partial charge in [-0.25, -0.2) is 0 Å². The number of fused-ring (bicyclic) bond motifs is 3. The summed E-state index contributed by atoms with van der Waals surface area (Å²) in [5.41, 5.74) is 0. The molecule has 0 bridgehead atoms. The number of nitrogens with zero attached hydrogens (tertiary/aromatic N) is 1. The first-order valence-corrected chi connectivity index (χ1v) is 6.13. The van der Waals surface area contributed by atoms with E-state index in [1.165, 1.54) is 25.8 Å². The average molecular weight is 205 g/mol. The Hall–Kier alpha value is -0.760. The highest BCUT2D eigenvalue weighted by Gasteiger charge is 2.38. The minimum absolute atomic E-state index is 0.222. The second kappa shape index (κ2) is 3.67. The van der Waals surface area contributed by atoms with Crippen LogP contribution in [0.1, 0.15) is 25.7 Å². The van der Waals surface area contributed by atoms with Crippen LogP contribution in [-0.4, -0.2) is 28.7 Å². The predicted octanol–water partition coefficient (Wildman–Crippen LogP) is 1.92. The van der Waals surface area contributed by atoms with Crippen LogP contribution in [0.4, 0.5) is 0 Å². The van der Waals surface area contributed by atoms with Crippen molar-refractivity contribution < 1.29 is 5.11 Å². The third-order valence-electron chi connectivity index (χ3n) is 4.22. The van der Waals surface area contributed by atoms with Crippen molar-refractivity contribution in [2.75, 3.05) is 6.54 Å². The van der Waals surface area contributed by atoms with Crippen LogP contribution in [0.3, 0.4) is 0 Å². The van der Waals surface area contributed by atoms with Crippen molar-refractivity contribution in [3.63, 3.8) is 0 Å². The third-order valence-corrected chi connectivity index (χ3v) is 4.22. The van der Waals surface area contributed by atoms with Gasteiger partial charge in [-0.2, -0.15) is 0 Å². The summed E-state index contributed by atoms with van der Waals surface area (Å²) in [6.07, 6.45) is 13.4. The summed E-state index contributed by atoms with van der Waals surface area (Å²) in [4.78, 5) is 2.43. The summed E-state index contributed by atoms with van der Waals surface area (Å²) in [6, 6.07) is 0.556. The fraction of sp³-hybridized carbons (Fsp3) is 0.692.